The van der Waals surface area contributed by atoms with Crippen LogP contribution in [0, 0.1) is 0 Å². The first-order valence-electron chi connectivity index (χ1n) is 8.66. The molecule has 1 aliphatic rings. The maximum Gasteiger partial charge on any atom is 0.344 e. The number of alkyl halides is 1. The molecule has 142 valence electrons. The van der Waals surface area contributed by atoms with E-state index in [2.05, 4.69) is 54.6 Å². The number of carbonyl (C=O) groups is 1. The molecule has 1 aliphatic heterocycles. The quantitative estimate of drug-likeness (QED) is 0.515. The summed E-state index contributed by atoms with van der Waals surface area (Å²) < 4.78 is 31.9. The Morgan fingerprint density at radius 2 is 1.46 bits per heavy atom. The highest BCUT2D eigenvalue weighted by Gasteiger charge is 2.51. The van der Waals surface area contributed by atoms with Crippen LogP contribution in [-0.2, 0) is 18.4 Å². The van der Waals surface area contributed by atoms with Crippen LogP contribution in [0.15, 0.2) is 0 Å². The Hall–Kier alpha value is -0.246. The van der Waals surface area contributed by atoms with Gasteiger partial charge in [-0.2, -0.15) is 0 Å². The summed E-state index contributed by atoms with van der Waals surface area (Å²) in [4.78, 5) is 11.7. The molecule has 0 radical (unpaired) electrons. The zero-order chi connectivity index (χ0) is 19.1. The van der Waals surface area contributed by atoms with Gasteiger partial charge in [-0.25, -0.2) is 9.18 Å². The van der Waals surface area contributed by atoms with Gasteiger partial charge in [0.1, 0.15) is 6.10 Å². The average Bonchev–Trinajstić information content (AvgIpc) is 2.61. The number of hydrogen-bond donors (Lipinski definition) is 0. The van der Waals surface area contributed by atoms with Gasteiger partial charge in [0.25, 0.3) is 0 Å². The summed E-state index contributed by atoms with van der Waals surface area (Å²) in [5.74, 6) is -0.831. The van der Waals surface area contributed by atoms with E-state index < -0.39 is 41.0 Å². The molecule has 0 aromatic rings. The predicted octanol–water partition coefficient (Wildman–Crippen LogP) is 4.66. The molecule has 1 fully saturated rings. The highest BCUT2D eigenvalue weighted by Crippen LogP contribution is 2.40. The fraction of sp³-hybridized carbons (Fsp3) is 0.941. The third kappa shape index (κ3) is 4.68. The van der Waals surface area contributed by atoms with Gasteiger partial charge in [-0.1, -0.05) is 41.5 Å². The smallest absolute Gasteiger partial charge is 0.344 e. The largest absolute Gasteiger partial charge is 0.455 e. The summed E-state index contributed by atoms with van der Waals surface area (Å²) in [6.45, 7) is 21.2. The first-order valence-corrected chi connectivity index (χ1v) is 14.5. The summed E-state index contributed by atoms with van der Waals surface area (Å²) >= 11 is 0. The number of ether oxygens (including phenoxy) is 1. The topological polar surface area (TPSA) is 44.8 Å². The highest BCUT2D eigenvalue weighted by atomic mass is 28.4. The number of esters is 1. The molecule has 0 unspecified atom stereocenters. The Balaban J connectivity index is 2.88. The minimum Gasteiger partial charge on any atom is -0.455 e. The standard InChI is InChI=1S/C17H35FO4Si2/c1-16(2,3)23(7,8)20-11-12-14(13(18)15(19)21-12)22-24(9,10)17(4,5)6/h12-14H,11H2,1-10H3/t12-,13-,14-/m1/s1. The fourth-order valence-electron chi connectivity index (χ4n) is 1.89. The van der Waals surface area contributed by atoms with Crippen molar-refractivity contribution in [3.63, 3.8) is 0 Å². The number of carbonyl (C=O) groups excluding carboxylic acids is 1. The van der Waals surface area contributed by atoms with E-state index >= 15 is 0 Å². The normalized spacial score (nSPS) is 26.6. The van der Waals surface area contributed by atoms with Crippen molar-refractivity contribution in [1.82, 2.24) is 0 Å². The maximum absolute atomic E-state index is 14.4. The zero-order valence-electron chi connectivity index (χ0n) is 17.0. The van der Waals surface area contributed by atoms with Crippen molar-refractivity contribution in [1.29, 1.82) is 0 Å². The molecule has 0 N–H and O–H groups in total. The van der Waals surface area contributed by atoms with Crippen molar-refractivity contribution in [3.8, 4) is 0 Å². The van der Waals surface area contributed by atoms with E-state index in [1.54, 1.807) is 0 Å². The second kappa shape index (κ2) is 6.81. The second-order valence-corrected chi connectivity index (χ2v) is 19.4. The lowest BCUT2D eigenvalue weighted by molar-refractivity contribution is -0.145. The molecule has 4 nitrogen and oxygen atoms in total. The molecule has 24 heavy (non-hydrogen) atoms. The van der Waals surface area contributed by atoms with Gasteiger partial charge in [0.05, 0.1) is 6.61 Å². The molecule has 0 aliphatic carbocycles. The molecule has 0 amide bonds. The van der Waals surface area contributed by atoms with E-state index in [4.69, 9.17) is 13.6 Å². The van der Waals surface area contributed by atoms with Crippen LogP contribution < -0.4 is 0 Å². The van der Waals surface area contributed by atoms with Gasteiger partial charge >= 0.3 is 5.97 Å². The number of halogens is 1. The van der Waals surface area contributed by atoms with Crippen molar-refractivity contribution in [2.24, 2.45) is 0 Å². The van der Waals surface area contributed by atoms with Gasteiger partial charge in [-0.3, -0.25) is 0 Å². The van der Waals surface area contributed by atoms with Gasteiger partial charge in [-0.15, -0.1) is 0 Å². The van der Waals surface area contributed by atoms with Gasteiger partial charge < -0.3 is 13.6 Å². The third-order valence-electron chi connectivity index (χ3n) is 5.80. The lowest BCUT2D eigenvalue weighted by Gasteiger charge is -2.40. The summed E-state index contributed by atoms with van der Waals surface area (Å²) in [6, 6.07) is 0. The first-order chi connectivity index (χ1) is 10.5. The maximum atomic E-state index is 14.4. The Bertz CT molecular complexity index is 466. The third-order valence-corrected chi connectivity index (χ3v) is 14.8. The van der Waals surface area contributed by atoms with E-state index in [1.165, 1.54) is 0 Å². The number of rotatable bonds is 5. The SMILES string of the molecule is CC(C)(C)[Si](C)(C)OC[C@H]1OC(=O)[C@H](F)[C@@H]1O[Si](C)(C)C(C)(C)C. The molecular weight excluding hydrogens is 343 g/mol. The van der Waals surface area contributed by atoms with Crippen molar-refractivity contribution in [2.45, 2.75) is 96.2 Å². The molecule has 0 spiro atoms. The van der Waals surface area contributed by atoms with Crippen LogP contribution in [0.1, 0.15) is 41.5 Å². The molecule has 7 heteroatoms. The Morgan fingerprint density at radius 3 is 1.88 bits per heavy atom. The first kappa shape index (κ1) is 21.8. The Kier molecular flexibility index (Phi) is 6.19. The molecule has 0 aromatic carbocycles. The number of cyclic esters (lactones) is 1. The van der Waals surface area contributed by atoms with E-state index in [1.807, 2.05) is 13.1 Å². The van der Waals surface area contributed by atoms with Gasteiger partial charge in [-0.05, 0) is 36.3 Å². The molecule has 1 saturated heterocycles. The number of hydrogen-bond acceptors (Lipinski definition) is 4. The van der Waals surface area contributed by atoms with Crippen LogP contribution in [0.5, 0.6) is 0 Å². The highest BCUT2D eigenvalue weighted by molar-refractivity contribution is 6.74. The summed E-state index contributed by atoms with van der Waals surface area (Å²) in [5.41, 5.74) is 0. The molecule has 0 bridgehead atoms. The molecule has 1 rings (SSSR count). The molecule has 1 heterocycles. The van der Waals surface area contributed by atoms with Crippen LogP contribution in [0.25, 0.3) is 0 Å². The summed E-state index contributed by atoms with van der Waals surface area (Å²) in [5, 5.41) is -0.0241. The van der Waals surface area contributed by atoms with Gasteiger partial charge in [0, 0.05) is 0 Å². The van der Waals surface area contributed by atoms with Crippen molar-refractivity contribution < 1.29 is 22.8 Å². The summed E-state index contributed by atoms with van der Waals surface area (Å²) in [6.07, 6.45) is -3.27. The minimum atomic E-state index is -2.21. The predicted molar refractivity (Wildman–Crippen MR) is 100.0 cm³/mol. The van der Waals surface area contributed by atoms with Crippen LogP contribution in [-0.4, -0.2) is 47.6 Å². The van der Waals surface area contributed by atoms with E-state index in [-0.39, 0.29) is 16.7 Å². The van der Waals surface area contributed by atoms with Crippen LogP contribution in [0.4, 0.5) is 4.39 Å². The van der Waals surface area contributed by atoms with E-state index in [0.29, 0.717) is 0 Å². The zero-order valence-corrected chi connectivity index (χ0v) is 19.0. The van der Waals surface area contributed by atoms with Gasteiger partial charge in [0.15, 0.2) is 22.7 Å². The van der Waals surface area contributed by atoms with E-state index in [0.717, 1.165) is 0 Å². The average molecular weight is 379 g/mol. The van der Waals surface area contributed by atoms with E-state index in [9.17, 15) is 9.18 Å². The van der Waals surface area contributed by atoms with Crippen molar-refractivity contribution in [3.05, 3.63) is 0 Å². The minimum absolute atomic E-state index is 0.0422. The molecular formula is C17H35FO4Si2. The monoisotopic (exact) mass is 378 g/mol. The van der Waals surface area contributed by atoms with Crippen molar-refractivity contribution in [2.75, 3.05) is 6.61 Å². The van der Waals surface area contributed by atoms with Crippen LogP contribution in [0.2, 0.25) is 36.3 Å². The van der Waals surface area contributed by atoms with Crippen LogP contribution in [0.3, 0.4) is 0 Å². The molecule has 0 aromatic heterocycles. The summed E-state index contributed by atoms with van der Waals surface area (Å²) in [7, 11) is -4.21. The Morgan fingerprint density at radius 1 is 1.00 bits per heavy atom. The lowest BCUT2D eigenvalue weighted by atomic mass is 10.2. The van der Waals surface area contributed by atoms with Crippen LogP contribution >= 0.6 is 0 Å². The molecule has 0 saturated carbocycles. The van der Waals surface area contributed by atoms with Crippen molar-refractivity contribution >= 4 is 22.6 Å². The lowest BCUT2D eigenvalue weighted by Crippen LogP contribution is -2.50. The second-order valence-electron chi connectivity index (χ2n) is 9.79. The fourth-order valence-corrected chi connectivity index (χ4v) is 4.21. The Labute approximate surface area is 148 Å². The van der Waals surface area contributed by atoms with Gasteiger partial charge in [0.2, 0.25) is 6.17 Å². The molecule has 3 atom stereocenters.